The van der Waals surface area contributed by atoms with E-state index in [4.69, 9.17) is 0 Å². The summed E-state index contributed by atoms with van der Waals surface area (Å²) >= 11 is 0. The predicted molar refractivity (Wildman–Crippen MR) is 236 cm³/mol. The molecule has 0 radical (unpaired) electrons. The summed E-state index contributed by atoms with van der Waals surface area (Å²) in [7, 11) is 0. The fourth-order valence-electron chi connectivity index (χ4n) is 8.38. The molecular weight excluding hydrogens is 724 g/mol. The van der Waals surface area contributed by atoms with Gasteiger partial charge in [0.15, 0.2) is 0 Å². The van der Waals surface area contributed by atoms with Crippen molar-refractivity contribution in [1.29, 1.82) is 5.26 Å². The number of alkyl halides is 3. The van der Waals surface area contributed by atoms with E-state index in [2.05, 4.69) is 136 Å². The third-order valence-corrected chi connectivity index (χ3v) is 11.8. The van der Waals surface area contributed by atoms with E-state index in [1.807, 2.05) is 27.3 Å². The van der Waals surface area contributed by atoms with Crippen LogP contribution in [0.4, 0.5) is 13.2 Å². The molecule has 0 spiro atoms. The van der Waals surface area contributed by atoms with Crippen LogP contribution < -0.4 is 0 Å². The van der Waals surface area contributed by atoms with Gasteiger partial charge in [-0.05, 0) is 99.0 Å². The zero-order chi connectivity index (χ0) is 41.7. The quantitative estimate of drug-likeness (QED) is 0.175. The van der Waals surface area contributed by atoms with Gasteiger partial charge in [0.1, 0.15) is 0 Å². The lowest BCUT2D eigenvalue weighted by Crippen LogP contribution is -2.14. The number of hydrogen-bond acceptors (Lipinski definition) is 1. The maximum atomic E-state index is 16.1. The van der Waals surface area contributed by atoms with Crippen LogP contribution in [0.2, 0.25) is 0 Å². The second-order valence-corrected chi connectivity index (χ2v) is 18.9. The van der Waals surface area contributed by atoms with E-state index in [-0.39, 0.29) is 21.9 Å². The molecule has 6 aromatic carbocycles. The minimum absolute atomic E-state index is 0.0412. The van der Waals surface area contributed by atoms with Crippen LogP contribution in [0.3, 0.4) is 0 Å². The molecule has 294 valence electrons. The second-order valence-electron chi connectivity index (χ2n) is 18.9. The van der Waals surface area contributed by atoms with Crippen molar-refractivity contribution >= 4 is 43.6 Å². The number of fused-ring (bicyclic) bond motifs is 6. The average Bonchev–Trinajstić information content (AvgIpc) is 3.67. The third kappa shape index (κ3) is 6.55. The van der Waals surface area contributed by atoms with E-state index >= 15 is 13.2 Å². The van der Waals surface area contributed by atoms with Crippen molar-refractivity contribution in [3.8, 4) is 28.6 Å². The first-order valence-electron chi connectivity index (χ1n) is 20.1. The van der Waals surface area contributed by atoms with Gasteiger partial charge in [0.25, 0.3) is 0 Å². The number of benzene rings is 6. The molecule has 58 heavy (non-hydrogen) atoms. The maximum Gasteiger partial charge on any atom is 0.418 e. The molecule has 8 aromatic rings. The molecular formula is C52H50F3N3. The molecule has 0 fully saturated rings. The first kappa shape index (κ1) is 39.0. The summed E-state index contributed by atoms with van der Waals surface area (Å²) in [6, 6.07) is 37.6. The lowest BCUT2D eigenvalue weighted by Gasteiger charge is -2.24. The smallest absolute Gasteiger partial charge is 0.309 e. The van der Waals surface area contributed by atoms with E-state index < -0.39 is 11.7 Å². The first-order valence-corrected chi connectivity index (χ1v) is 20.1. The Kier molecular flexibility index (Phi) is 9.01. The van der Waals surface area contributed by atoms with Crippen molar-refractivity contribution < 1.29 is 13.2 Å². The van der Waals surface area contributed by atoms with Gasteiger partial charge in [-0.2, -0.15) is 18.4 Å². The molecule has 0 saturated heterocycles. The molecule has 3 nitrogen and oxygen atoms in total. The summed E-state index contributed by atoms with van der Waals surface area (Å²) in [6.07, 6.45) is -3.99. The average molecular weight is 774 g/mol. The van der Waals surface area contributed by atoms with Gasteiger partial charge < -0.3 is 9.13 Å². The molecule has 0 aliphatic heterocycles. The standard InChI is InChI=1S/C52H50F3N3/c1-11-31-15-19-37-38-20-16-36(51(8,9)10)27-46(38)58(43(37)24-31)48-28-41(33-14-12-13-32(23-33)30-56)47(29-42(48)52(53,54)55)57-44-25-34(49(2,3)4)17-21-39(44)40-22-18-35(26-45(40)57)50(5,6)7/h12-29H,11H2,1-10H3. The number of nitrogens with zero attached hydrogens (tertiary/aromatic N) is 3. The number of nitriles is 1. The van der Waals surface area contributed by atoms with E-state index in [9.17, 15) is 5.26 Å². The minimum Gasteiger partial charge on any atom is -0.309 e. The predicted octanol–water partition coefficient (Wildman–Crippen LogP) is 14.9. The molecule has 0 bridgehead atoms. The Morgan fingerprint density at radius 3 is 1.40 bits per heavy atom. The number of hydrogen-bond donors (Lipinski definition) is 0. The molecule has 0 unspecified atom stereocenters. The Hall–Kier alpha value is -5.80. The number of aryl methyl sites for hydroxylation is 1. The van der Waals surface area contributed by atoms with E-state index in [1.54, 1.807) is 24.3 Å². The Morgan fingerprint density at radius 2 is 0.966 bits per heavy atom. The highest BCUT2D eigenvalue weighted by atomic mass is 19.4. The van der Waals surface area contributed by atoms with Gasteiger partial charge in [0.2, 0.25) is 0 Å². The van der Waals surface area contributed by atoms with E-state index in [0.717, 1.165) is 66.8 Å². The Bertz CT molecular complexity index is 2910. The Labute approximate surface area is 339 Å². The normalized spacial score (nSPS) is 13.0. The third-order valence-electron chi connectivity index (χ3n) is 11.8. The van der Waals surface area contributed by atoms with Gasteiger partial charge in [-0.1, -0.05) is 130 Å². The molecule has 2 heterocycles. The number of rotatable bonds is 4. The Balaban J connectivity index is 1.60. The van der Waals surface area contributed by atoms with Crippen molar-refractivity contribution in [2.45, 2.75) is 98.1 Å². The summed E-state index contributed by atoms with van der Waals surface area (Å²) in [5.74, 6) is 0. The van der Waals surface area contributed by atoms with Gasteiger partial charge in [-0.15, -0.1) is 0 Å². The van der Waals surface area contributed by atoms with Crippen LogP contribution >= 0.6 is 0 Å². The van der Waals surface area contributed by atoms with Crippen LogP contribution in [-0.2, 0) is 28.8 Å². The maximum absolute atomic E-state index is 16.1. The zero-order valence-electron chi connectivity index (χ0n) is 35.1. The van der Waals surface area contributed by atoms with Crippen molar-refractivity contribution in [3.63, 3.8) is 0 Å². The molecule has 0 atom stereocenters. The highest BCUT2D eigenvalue weighted by Crippen LogP contribution is 2.46. The topological polar surface area (TPSA) is 33.6 Å². The van der Waals surface area contributed by atoms with Crippen LogP contribution in [-0.4, -0.2) is 9.13 Å². The fourth-order valence-corrected chi connectivity index (χ4v) is 8.38. The zero-order valence-corrected chi connectivity index (χ0v) is 35.1. The first-order chi connectivity index (χ1) is 27.2. The van der Waals surface area contributed by atoms with Gasteiger partial charge in [-0.3, -0.25) is 0 Å². The van der Waals surface area contributed by atoms with Crippen LogP contribution in [0.1, 0.15) is 103 Å². The monoisotopic (exact) mass is 773 g/mol. The molecule has 8 rings (SSSR count). The highest BCUT2D eigenvalue weighted by Gasteiger charge is 2.37. The van der Waals surface area contributed by atoms with Crippen LogP contribution in [0, 0.1) is 11.3 Å². The van der Waals surface area contributed by atoms with Crippen molar-refractivity contribution in [1.82, 2.24) is 9.13 Å². The highest BCUT2D eigenvalue weighted by molar-refractivity contribution is 6.11. The molecule has 0 amide bonds. The summed E-state index contributed by atoms with van der Waals surface area (Å²) in [4.78, 5) is 0. The molecule has 0 N–H and O–H groups in total. The number of halogens is 3. The van der Waals surface area contributed by atoms with Gasteiger partial charge in [0, 0.05) is 27.1 Å². The van der Waals surface area contributed by atoms with Crippen LogP contribution in [0.5, 0.6) is 0 Å². The van der Waals surface area contributed by atoms with Crippen LogP contribution in [0.25, 0.3) is 66.1 Å². The number of aromatic nitrogens is 2. The van der Waals surface area contributed by atoms with Crippen molar-refractivity contribution in [2.24, 2.45) is 0 Å². The second kappa shape index (κ2) is 13.4. The molecule has 0 saturated carbocycles. The van der Waals surface area contributed by atoms with Crippen molar-refractivity contribution in [3.05, 3.63) is 143 Å². The lowest BCUT2D eigenvalue weighted by atomic mass is 9.86. The Morgan fingerprint density at radius 1 is 0.517 bits per heavy atom. The molecule has 2 aromatic heterocycles. The lowest BCUT2D eigenvalue weighted by molar-refractivity contribution is -0.137. The van der Waals surface area contributed by atoms with Gasteiger partial charge >= 0.3 is 6.18 Å². The SMILES string of the molecule is CCc1ccc2c3ccc(C(C)(C)C)cc3n(-c3cc(-c4cccc(C#N)c4)c(-n4c5cc(C(C)(C)C)ccc5c5ccc(C(C)(C)C)cc54)cc3C(F)(F)F)c2c1. The van der Waals surface area contributed by atoms with Crippen molar-refractivity contribution in [2.75, 3.05) is 0 Å². The van der Waals surface area contributed by atoms with Crippen LogP contribution in [0.15, 0.2) is 109 Å². The molecule has 6 heteroatoms. The molecule has 0 aliphatic rings. The fraction of sp³-hybridized carbons (Fsp3) is 0.288. The summed E-state index contributed by atoms with van der Waals surface area (Å²) in [6.45, 7) is 21.3. The summed E-state index contributed by atoms with van der Waals surface area (Å²) in [5, 5.41) is 13.8. The largest absolute Gasteiger partial charge is 0.418 e. The van der Waals surface area contributed by atoms with E-state index in [0.29, 0.717) is 27.9 Å². The van der Waals surface area contributed by atoms with Gasteiger partial charge in [-0.25, -0.2) is 0 Å². The van der Waals surface area contributed by atoms with E-state index in [1.165, 1.54) is 6.07 Å². The minimum atomic E-state index is -4.73. The summed E-state index contributed by atoms with van der Waals surface area (Å²) in [5.41, 5.74) is 8.02. The summed E-state index contributed by atoms with van der Waals surface area (Å²) < 4.78 is 52.2. The molecule has 0 aliphatic carbocycles. The van der Waals surface area contributed by atoms with Gasteiger partial charge in [0.05, 0.1) is 50.6 Å².